The Balaban J connectivity index is 1.55. The summed E-state index contributed by atoms with van der Waals surface area (Å²) >= 11 is 6.26. The summed E-state index contributed by atoms with van der Waals surface area (Å²) in [5.74, 6) is 0.0762. The lowest BCUT2D eigenvalue weighted by Gasteiger charge is -2.16. The molecule has 0 bridgehead atoms. The molecule has 1 aromatic carbocycles. The van der Waals surface area contributed by atoms with E-state index in [1.165, 1.54) is 25.8 Å². The molecule has 1 saturated carbocycles. The summed E-state index contributed by atoms with van der Waals surface area (Å²) in [6.07, 6.45) is 3.94. The number of likely N-dealkylation sites (tertiary alicyclic amines) is 1. The first-order chi connectivity index (χ1) is 10.2. The van der Waals surface area contributed by atoms with Crippen LogP contribution >= 0.6 is 11.6 Å². The molecule has 6 heteroatoms. The van der Waals surface area contributed by atoms with Crippen LogP contribution < -0.4 is 11.1 Å². The Morgan fingerprint density at radius 1 is 1.43 bits per heavy atom. The van der Waals surface area contributed by atoms with Crippen LogP contribution in [0.4, 0.5) is 0 Å². The molecule has 1 unspecified atom stereocenters. The maximum atomic E-state index is 8.67. The monoisotopic (exact) mass is 308 g/mol. The average molecular weight is 309 g/mol. The smallest absolute Gasteiger partial charge is 0.170 e. The lowest BCUT2D eigenvalue weighted by Crippen LogP contribution is -2.33. The fourth-order valence-electron chi connectivity index (χ4n) is 2.89. The van der Waals surface area contributed by atoms with Crippen molar-refractivity contribution in [2.45, 2.75) is 37.9 Å². The van der Waals surface area contributed by atoms with Gasteiger partial charge in [-0.25, -0.2) is 0 Å². The van der Waals surface area contributed by atoms with Crippen molar-refractivity contribution in [3.63, 3.8) is 0 Å². The van der Waals surface area contributed by atoms with E-state index >= 15 is 0 Å². The van der Waals surface area contributed by atoms with Gasteiger partial charge in [0.25, 0.3) is 0 Å². The number of halogens is 1. The first-order valence-electron chi connectivity index (χ1n) is 7.41. The van der Waals surface area contributed by atoms with Gasteiger partial charge in [0, 0.05) is 42.3 Å². The van der Waals surface area contributed by atoms with Crippen molar-refractivity contribution in [2.24, 2.45) is 10.9 Å². The van der Waals surface area contributed by atoms with E-state index in [1.807, 2.05) is 12.1 Å². The van der Waals surface area contributed by atoms with Crippen LogP contribution in [0.2, 0.25) is 5.02 Å². The number of amidine groups is 1. The summed E-state index contributed by atoms with van der Waals surface area (Å²) in [6, 6.07) is 6.88. The zero-order valence-corrected chi connectivity index (χ0v) is 12.7. The Morgan fingerprint density at radius 3 is 2.90 bits per heavy atom. The van der Waals surface area contributed by atoms with Gasteiger partial charge < -0.3 is 16.3 Å². The Morgan fingerprint density at radius 2 is 2.24 bits per heavy atom. The third-order valence-electron chi connectivity index (χ3n) is 4.32. The third-order valence-corrected chi connectivity index (χ3v) is 4.67. The average Bonchev–Trinajstić information content (AvgIpc) is 3.24. The Kier molecular flexibility index (Phi) is 4.33. The predicted octanol–water partition coefficient (Wildman–Crippen LogP) is 1.76. The zero-order valence-electron chi connectivity index (χ0n) is 11.9. The van der Waals surface area contributed by atoms with Gasteiger partial charge in [0.05, 0.1) is 0 Å². The van der Waals surface area contributed by atoms with Crippen LogP contribution in [-0.2, 0) is 6.54 Å². The number of nitrogens with one attached hydrogen (secondary N) is 1. The summed E-state index contributed by atoms with van der Waals surface area (Å²) < 4.78 is 0. The molecule has 1 aromatic rings. The van der Waals surface area contributed by atoms with Crippen molar-refractivity contribution >= 4 is 17.4 Å². The van der Waals surface area contributed by atoms with Gasteiger partial charge in [-0.1, -0.05) is 28.9 Å². The second-order valence-electron chi connectivity index (χ2n) is 5.88. The molecule has 0 spiro atoms. The maximum absolute atomic E-state index is 8.67. The van der Waals surface area contributed by atoms with E-state index in [9.17, 15) is 0 Å². The highest BCUT2D eigenvalue weighted by Gasteiger charge is 2.34. The molecular formula is C15H21ClN4O. The molecule has 0 aromatic heterocycles. The molecule has 21 heavy (non-hydrogen) atoms. The van der Waals surface area contributed by atoms with Crippen LogP contribution in [0, 0.1) is 0 Å². The number of nitrogens with two attached hydrogens (primary N) is 1. The van der Waals surface area contributed by atoms with Gasteiger partial charge in [-0.3, -0.25) is 4.90 Å². The summed E-state index contributed by atoms with van der Waals surface area (Å²) in [4.78, 5) is 2.58. The lowest BCUT2D eigenvalue weighted by atomic mass is 10.1. The van der Waals surface area contributed by atoms with Crippen LogP contribution in [0.25, 0.3) is 0 Å². The largest absolute Gasteiger partial charge is 0.409 e. The first-order valence-corrected chi connectivity index (χ1v) is 7.79. The molecule has 1 atom stereocenters. The molecule has 1 saturated heterocycles. The van der Waals surface area contributed by atoms with Gasteiger partial charge >= 0.3 is 0 Å². The molecular weight excluding hydrogens is 288 g/mol. The molecule has 3 rings (SSSR count). The summed E-state index contributed by atoms with van der Waals surface area (Å²) in [5.41, 5.74) is 7.23. The second kappa shape index (κ2) is 6.22. The molecule has 114 valence electrons. The van der Waals surface area contributed by atoms with Crippen LogP contribution in [0.1, 0.15) is 30.4 Å². The van der Waals surface area contributed by atoms with Crippen molar-refractivity contribution in [3.05, 3.63) is 34.3 Å². The molecule has 1 aliphatic heterocycles. The van der Waals surface area contributed by atoms with Crippen LogP contribution in [0.3, 0.4) is 0 Å². The second-order valence-corrected chi connectivity index (χ2v) is 6.29. The fraction of sp³-hybridized carbons (Fsp3) is 0.533. The molecule has 1 aliphatic carbocycles. The summed E-state index contributed by atoms with van der Waals surface area (Å²) in [6.45, 7) is 3.10. The standard InChI is InChI=1S/C15H21ClN4O/c16-14-7-10(15(17)19-21)1-2-11(14)8-18-12-5-6-20(9-12)13-3-4-13/h1-2,7,12-13,18,21H,3-6,8-9H2,(H2,17,19). The third kappa shape index (κ3) is 3.48. The van der Waals surface area contributed by atoms with Crippen LogP contribution in [-0.4, -0.2) is 41.1 Å². The van der Waals surface area contributed by atoms with E-state index in [4.69, 9.17) is 22.5 Å². The Bertz CT molecular complexity index is 544. The highest BCUT2D eigenvalue weighted by atomic mass is 35.5. The van der Waals surface area contributed by atoms with Gasteiger partial charge in [-0.15, -0.1) is 0 Å². The minimum absolute atomic E-state index is 0.0762. The van der Waals surface area contributed by atoms with E-state index in [0.29, 0.717) is 16.6 Å². The van der Waals surface area contributed by atoms with Crippen molar-refractivity contribution in [1.82, 2.24) is 10.2 Å². The highest BCUT2D eigenvalue weighted by molar-refractivity contribution is 6.31. The molecule has 5 nitrogen and oxygen atoms in total. The van der Waals surface area contributed by atoms with Gasteiger partial charge in [-0.2, -0.15) is 0 Å². The first kappa shape index (κ1) is 14.6. The van der Waals surface area contributed by atoms with E-state index in [-0.39, 0.29) is 5.84 Å². The molecule has 0 amide bonds. The molecule has 0 radical (unpaired) electrons. The van der Waals surface area contributed by atoms with E-state index < -0.39 is 0 Å². The van der Waals surface area contributed by atoms with E-state index in [0.717, 1.165) is 24.7 Å². The SMILES string of the molecule is N/C(=N/O)c1ccc(CNC2CCN(C3CC3)C2)c(Cl)c1. The molecule has 4 N–H and O–H groups in total. The predicted molar refractivity (Wildman–Crippen MR) is 83.8 cm³/mol. The van der Waals surface area contributed by atoms with Crippen molar-refractivity contribution in [1.29, 1.82) is 0 Å². The number of nitrogens with zero attached hydrogens (tertiary/aromatic N) is 2. The molecule has 2 fully saturated rings. The van der Waals surface area contributed by atoms with Gasteiger partial charge in [0.1, 0.15) is 0 Å². The van der Waals surface area contributed by atoms with E-state index in [2.05, 4.69) is 15.4 Å². The Hall–Kier alpha value is -1.30. The minimum Gasteiger partial charge on any atom is -0.409 e. The van der Waals surface area contributed by atoms with Crippen molar-refractivity contribution < 1.29 is 5.21 Å². The number of hydrogen-bond acceptors (Lipinski definition) is 4. The van der Waals surface area contributed by atoms with Gasteiger partial charge in [0.2, 0.25) is 0 Å². The van der Waals surface area contributed by atoms with Gasteiger partial charge in [0.15, 0.2) is 5.84 Å². The number of hydrogen-bond donors (Lipinski definition) is 3. The van der Waals surface area contributed by atoms with Crippen LogP contribution in [0.15, 0.2) is 23.4 Å². The zero-order chi connectivity index (χ0) is 14.8. The lowest BCUT2D eigenvalue weighted by molar-refractivity contribution is 0.317. The normalized spacial score (nSPS) is 23.7. The molecule has 2 aliphatic rings. The molecule has 1 heterocycles. The Labute approximate surface area is 129 Å². The van der Waals surface area contributed by atoms with Crippen molar-refractivity contribution in [2.75, 3.05) is 13.1 Å². The number of benzene rings is 1. The van der Waals surface area contributed by atoms with Gasteiger partial charge in [-0.05, 0) is 30.9 Å². The topological polar surface area (TPSA) is 73.9 Å². The highest BCUT2D eigenvalue weighted by Crippen LogP contribution is 2.30. The number of oxime groups is 1. The maximum Gasteiger partial charge on any atom is 0.170 e. The van der Waals surface area contributed by atoms with Crippen molar-refractivity contribution in [3.8, 4) is 0 Å². The summed E-state index contributed by atoms with van der Waals surface area (Å²) in [7, 11) is 0. The fourth-order valence-corrected chi connectivity index (χ4v) is 3.13. The van der Waals surface area contributed by atoms with E-state index in [1.54, 1.807) is 6.07 Å². The quantitative estimate of drug-likeness (QED) is 0.335. The summed E-state index contributed by atoms with van der Waals surface area (Å²) in [5, 5.41) is 15.9. The van der Waals surface area contributed by atoms with Crippen LogP contribution in [0.5, 0.6) is 0 Å². The number of rotatable bonds is 5. The minimum atomic E-state index is 0.0762.